The first-order valence-electron chi connectivity index (χ1n) is 16.3. The van der Waals surface area contributed by atoms with Gasteiger partial charge in [-0.15, -0.1) is 0 Å². The molecule has 0 bridgehead atoms. The van der Waals surface area contributed by atoms with Gasteiger partial charge in [-0.2, -0.15) is 10.5 Å². The molecule has 0 N–H and O–H groups in total. The molecule has 0 unspecified atom stereocenters. The van der Waals surface area contributed by atoms with Crippen molar-refractivity contribution in [2.45, 2.75) is 0 Å². The zero-order chi connectivity index (χ0) is 33.8. The van der Waals surface area contributed by atoms with Crippen molar-refractivity contribution in [2.24, 2.45) is 0 Å². The van der Waals surface area contributed by atoms with Crippen molar-refractivity contribution in [3.8, 4) is 45.8 Å². The van der Waals surface area contributed by atoms with Crippen LogP contribution >= 0.6 is 0 Å². The highest BCUT2D eigenvalue weighted by Crippen LogP contribution is 2.42. The van der Waals surface area contributed by atoms with Crippen LogP contribution in [0.15, 0.2) is 152 Å². The van der Waals surface area contributed by atoms with Gasteiger partial charge < -0.3 is 9.13 Å². The van der Waals surface area contributed by atoms with Crippen LogP contribution in [0.1, 0.15) is 11.1 Å². The van der Waals surface area contributed by atoms with Gasteiger partial charge in [0.2, 0.25) is 0 Å². The van der Waals surface area contributed by atoms with E-state index >= 15 is 0 Å². The van der Waals surface area contributed by atoms with Gasteiger partial charge in [-0.1, -0.05) is 91.0 Å². The van der Waals surface area contributed by atoms with E-state index in [1.165, 1.54) is 0 Å². The monoisotopic (exact) mass is 635 g/mol. The molecule has 2 aromatic heterocycles. The minimum Gasteiger partial charge on any atom is -0.310 e. The van der Waals surface area contributed by atoms with Gasteiger partial charge in [0, 0.05) is 38.3 Å². The number of rotatable bonds is 4. The van der Waals surface area contributed by atoms with Gasteiger partial charge in [-0.05, 0) is 77.4 Å². The average molecular weight is 636 g/mol. The maximum absolute atomic E-state index is 10.5. The molecule has 5 nitrogen and oxygen atoms in total. The predicted octanol–water partition coefficient (Wildman–Crippen LogP) is 11.5. The van der Waals surface area contributed by atoms with Gasteiger partial charge in [-0.25, -0.2) is 4.85 Å². The maximum atomic E-state index is 10.5. The Bertz CT molecular complexity index is 2960. The van der Waals surface area contributed by atoms with Crippen LogP contribution in [0.3, 0.4) is 0 Å². The zero-order valence-electron chi connectivity index (χ0n) is 26.7. The molecule has 7 aromatic carbocycles. The Kier molecular flexibility index (Phi) is 6.56. The predicted molar refractivity (Wildman–Crippen MR) is 202 cm³/mol. The number of hydrogen-bond acceptors (Lipinski definition) is 2. The lowest BCUT2D eigenvalue weighted by atomic mass is 9.90. The first-order valence-corrected chi connectivity index (χ1v) is 16.3. The average Bonchev–Trinajstić information content (AvgIpc) is 3.69. The van der Waals surface area contributed by atoms with Crippen molar-refractivity contribution in [3.05, 3.63) is 174 Å². The summed E-state index contributed by atoms with van der Waals surface area (Å²) in [5.74, 6) is 0. The molecule has 0 atom stereocenters. The molecule has 0 amide bonds. The largest absolute Gasteiger partial charge is 0.310 e. The summed E-state index contributed by atoms with van der Waals surface area (Å²) >= 11 is 0. The van der Waals surface area contributed by atoms with Crippen LogP contribution in [0.25, 0.3) is 82.1 Å². The minimum absolute atomic E-state index is 0.564. The van der Waals surface area contributed by atoms with Gasteiger partial charge >= 0.3 is 0 Å². The lowest BCUT2D eigenvalue weighted by Crippen LogP contribution is -2.00. The summed E-state index contributed by atoms with van der Waals surface area (Å²) < 4.78 is 4.43. The van der Waals surface area contributed by atoms with E-state index in [9.17, 15) is 10.5 Å². The second kappa shape index (κ2) is 11.4. The SMILES string of the molecule is [C-]#[N+]c1ccc2c3ccccc3n(-c3cccc(C#N)c3-c3ccccc3-c3ccc(-n4c5ccccc5c5cc(C#N)ccc54)cc3)c2c1. The van der Waals surface area contributed by atoms with Gasteiger partial charge in [-0.3, -0.25) is 0 Å². The van der Waals surface area contributed by atoms with E-state index in [1.807, 2.05) is 84.9 Å². The van der Waals surface area contributed by atoms with Crippen molar-refractivity contribution in [1.29, 1.82) is 10.5 Å². The number of benzene rings is 7. The van der Waals surface area contributed by atoms with E-state index in [-0.39, 0.29) is 0 Å². The molecular formula is C45H25N5. The van der Waals surface area contributed by atoms with Crippen LogP contribution in [-0.4, -0.2) is 9.13 Å². The lowest BCUT2D eigenvalue weighted by molar-refractivity contribution is 1.18. The van der Waals surface area contributed by atoms with E-state index in [4.69, 9.17) is 6.57 Å². The topological polar surface area (TPSA) is 61.8 Å². The molecular weight excluding hydrogens is 611 g/mol. The number of para-hydroxylation sites is 2. The summed E-state index contributed by atoms with van der Waals surface area (Å²) in [6.45, 7) is 7.71. The third-order valence-corrected chi connectivity index (χ3v) is 9.62. The minimum atomic E-state index is 0.564. The number of fused-ring (bicyclic) bond motifs is 6. The molecule has 0 aliphatic carbocycles. The van der Waals surface area contributed by atoms with E-state index in [2.05, 4.69) is 92.8 Å². The highest BCUT2D eigenvalue weighted by molar-refractivity contribution is 6.11. The summed E-state index contributed by atoms with van der Waals surface area (Å²) in [7, 11) is 0. The fourth-order valence-electron chi connectivity index (χ4n) is 7.45. The Hall–Kier alpha value is -7.39. The number of nitriles is 2. The number of nitrogens with zero attached hydrogens (tertiary/aromatic N) is 5. The molecule has 5 heteroatoms. The molecule has 0 saturated carbocycles. The van der Waals surface area contributed by atoms with Crippen molar-refractivity contribution in [3.63, 3.8) is 0 Å². The van der Waals surface area contributed by atoms with E-state index in [1.54, 1.807) is 0 Å². The maximum Gasteiger partial charge on any atom is 0.189 e. The fourth-order valence-corrected chi connectivity index (χ4v) is 7.45. The summed E-state index contributed by atoms with van der Waals surface area (Å²) in [6.07, 6.45) is 0. The molecule has 2 heterocycles. The summed E-state index contributed by atoms with van der Waals surface area (Å²) in [5.41, 5.74) is 11.5. The van der Waals surface area contributed by atoms with Gasteiger partial charge in [0.25, 0.3) is 0 Å². The zero-order valence-corrected chi connectivity index (χ0v) is 26.7. The molecule has 50 heavy (non-hydrogen) atoms. The quantitative estimate of drug-likeness (QED) is 0.181. The third kappa shape index (κ3) is 4.31. The summed E-state index contributed by atoms with van der Waals surface area (Å²) in [5, 5.41) is 24.4. The second-order valence-corrected chi connectivity index (χ2v) is 12.3. The van der Waals surface area contributed by atoms with Crippen LogP contribution in [-0.2, 0) is 0 Å². The van der Waals surface area contributed by atoms with Crippen LogP contribution in [0.5, 0.6) is 0 Å². The Morgan fingerprint density at radius 1 is 0.500 bits per heavy atom. The highest BCUT2D eigenvalue weighted by Gasteiger charge is 2.21. The summed E-state index contributed by atoms with van der Waals surface area (Å²) in [6, 6.07) is 55.6. The van der Waals surface area contributed by atoms with Gasteiger partial charge in [0.15, 0.2) is 5.69 Å². The third-order valence-electron chi connectivity index (χ3n) is 9.62. The van der Waals surface area contributed by atoms with Crippen molar-refractivity contribution in [2.75, 3.05) is 0 Å². The molecule has 9 rings (SSSR count). The second-order valence-electron chi connectivity index (χ2n) is 12.3. The van der Waals surface area contributed by atoms with Crippen molar-refractivity contribution >= 4 is 49.3 Å². The molecule has 9 aromatic rings. The van der Waals surface area contributed by atoms with E-state index in [0.717, 1.165) is 77.2 Å². The number of aromatic nitrogens is 2. The fraction of sp³-hybridized carbons (Fsp3) is 0. The molecule has 0 saturated heterocycles. The first kappa shape index (κ1) is 28.8. The Morgan fingerprint density at radius 3 is 1.90 bits per heavy atom. The standard InChI is InChI=1S/C45H25N5/c1-48-32-20-23-37-35-11-4-7-15-41(35)50(44(37)26-32)43-16-8-9-31(28-47)45(43)38-13-3-2-10-34(38)30-18-21-33(22-19-30)49-40-14-6-5-12-36(40)39-25-29(27-46)17-24-42(39)49/h2-26H. The van der Waals surface area contributed by atoms with Crippen LogP contribution in [0, 0.1) is 29.2 Å². The lowest BCUT2D eigenvalue weighted by Gasteiger charge is -2.18. The molecule has 0 fully saturated rings. The van der Waals surface area contributed by atoms with Crippen molar-refractivity contribution < 1.29 is 0 Å². The molecule has 0 spiro atoms. The van der Waals surface area contributed by atoms with E-state index < -0.39 is 0 Å². The van der Waals surface area contributed by atoms with Gasteiger partial charge in [0.1, 0.15) is 0 Å². The van der Waals surface area contributed by atoms with Crippen LogP contribution < -0.4 is 0 Å². The Morgan fingerprint density at radius 2 is 1.16 bits per heavy atom. The Labute approximate surface area is 288 Å². The number of hydrogen-bond donors (Lipinski definition) is 0. The highest BCUT2D eigenvalue weighted by atomic mass is 15.0. The van der Waals surface area contributed by atoms with Gasteiger partial charge in [0.05, 0.1) is 52.1 Å². The van der Waals surface area contributed by atoms with E-state index in [0.29, 0.717) is 16.8 Å². The smallest absolute Gasteiger partial charge is 0.189 e. The summed E-state index contributed by atoms with van der Waals surface area (Å²) in [4.78, 5) is 3.73. The molecule has 0 radical (unpaired) electrons. The normalized spacial score (nSPS) is 11.1. The molecule has 230 valence electrons. The van der Waals surface area contributed by atoms with Crippen LogP contribution in [0.2, 0.25) is 0 Å². The van der Waals surface area contributed by atoms with Crippen LogP contribution in [0.4, 0.5) is 5.69 Å². The molecule has 0 aliphatic heterocycles. The Balaban J connectivity index is 1.24. The first-order chi connectivity index (χ1) is 24.7. The molecule has 0 aliphatic rings. The van der Waals surface area contributed by atoms with Crippen molar-refractivity contribution in [1.82, 2.24) is 9.13 Å².